The molecule has 0 aromatic carbocycles. The molecule has 4 nitrogen and oxygen atoms in total. The Bertz CT molecular complexity index is 232. The highest BCUT2D eigenvalue weighted by atomic mass is 32.2. The molecule has 0 saturated heterocycles. The number of rotatable bonds is 3. The van der Waals surface area contributed by atoms with Crippen LogP contribution in [0.5, 0.6) is 0 Å². The lowest BCUT2D eigenvalue weighted by Crippen LogP contribution is -2.02. The summed E-state index contributed by atoms with van der Waals surface area (Å²) in [6.45, 7) is 4.94. The van der Waals surface area contributed by atoms with Crippen molar-refractivity contribution < 1.29 is 0 Å². The summed E-state index contributed by atoms with van der Waals surface area (Å²) in [6.07, 6.45) is 0. The summed E-state index contributed by atoms with van der Waals surface area (Å²) in [5.74, 6) is 1.50. The van der Waals surface area contributed by atoms with Gasteiger partial charge < -0.3 is 5.73 Å². The second-order valence-electron chi connectivity index (χ2n) is 2.02. The van der Waals surface area contributed by atoms with Gasteiger partial charge in [0.15, 0.2) is 5.16 Å². The Morgan fingerprint density at radius 1 is 1.45 bits per heavy atom. The third-order valence-electron chi connectivity index (χ3n) is 1.34. The van der Waals surface area contributed by atoms with Gasteiger partial charge in [0, 0.05) is 6.54 Å². The third-order valence-corrected chi connectivity index (χ3v) is 2.18. The summed E-state index contributed by atoms with van der Waals surface area (Å²) in [5, 5.41) is 8.61. The predicted molar refractivity (Wildman–Crippen MR) is 46.5 cm³/mol. The molecule has 1 aromatic heterocycles. The average molecular weight is 172 g/mol. The van der Waals surface area contributed by atoms with E-state index >= 15 is 0 Å². The van der Waals surface area contributed by atoms with E-state index in [4.69, 9.17) is 5.73 Å². The van der Waals surface area contributed by atoms with Crippen LogP contribution >= 0.6 is 11.8 Å². The molecule has 0 atom stereocenters. The second kappa shape index (κ2) is 3.61. The summed E-state index contributed by atoms with van der Waals surface area (Å²) in [4.78, 5) is 0. The average Bonchev–Trinajstić information content (AvgIpc) is 2.33. The summed E-state index contributed by atoms with van der Waals surface area (Å²) in [7, 11) is 0. The molecule has 11 heavy (non-hydrogen) atoms. The van der Waals surface area contributed by atoms with Gasteiger partial charge in [0.1, 0.15) is 0 Å². The van der Waals surface area contributed by atoms with E-state index in [-0.39, 0.29) is 0 Å². The lowest BCUT2D eigenvalue weighted by molar-refractivity contribution is 0.690. The van der Waals surface area contributed by atoms with Gasteiger partial charge in [-0.15, -0.1) is 10.2 Å². The zero-order valence-electron chi connectivity index (χ0n) is 6.74. The van der Waals surface area contributed by atoms with Crippen molar-refractivity contribution in [2.75, 3.05) is 11.5 Å². The van der Waals surface area contributed by atoms with Crippen molar-refractivity contribution in [2.24, 2.45) is 0 Å². The van der Waals surface area contributed by atoms with Gasteiger partial charge in [-0.05, 0) is 12.7 Å². The Kier molecular flexibility index (Phi) is 2.76. The van der Waals surface area contributed by atoms with E-state index in [0.29, 0.717) is 5.95 Å². The second-order valence-corrected chi connectivity index (χ2v) is 3.25. The van der Waals surface area contributed by atoms with E-state index in [1.165, 1.54) is 0 Å². The molecule has 1 heterocycles. The molecule has 1 aromatic rings. The SMILES string of the molecule is CCSc1nnc(N)n1CC. The van der Waals surface area contributed by atoms with Crippen LogP contribution in [0.15, 0.2) is 5.16 Å². The fraction of sp³-hybridized carbons (Fsp3) is 0.667. The number of hydrogen-bond acceptors (Lipinski definition) is 4. The summed E-state index contributed by atoms with van der Waals surface area (Å²) < 4.78 is 1.90. The summed E-state index contributed by atoms with van der Waals surface area (Å²) >= 11 is 1.66. The van der Waals surface area contributed by atoms with Gasteiger partial charge in [-0.1, -0.05) is 18.7 Å². The van der Waals surface area contributed by atoms with Crippen molar-refractivity contribution in [3.8, 4) is 0 Å². The number of nitrogens with zero attached hydrogens (tertiary/aromatic N) is 3. The van der Waals surface area contributed by atoms with Crippen molar-refractivity contribution in [2.45, 2.75) is 25.5 Å². The Morgan fingerprint density at radius 3 is 2.73 bits per heavy atom. The van der Waals surface area contributed by atoms with Crippen molar-refractivity contribution in [3.05, 3.63) is 0 Å². The number of nitrogen functional groups attached to an aromatic ring is 1. The van der Waals surface area contributed by atoms with Crippen molar-refractivity contribution in [1.29, 1.82) is 0 Å². The molecule has 0 amide bonds. The molecule has 0 aliphatic rings. The predicted octanol–water partition coefficient (Wildman–Crippen LogP) is 0.992. The molecule has 0 spiro atoms. The summed E-state index contributed by atoms with van der Waals surface area (Å²) in [5.41, 5.74) is 5.56. The lowest BCUT2D eigenvalue weighted by Gasteiger charge is -2.01. The van der Waals surface area contributed by atoms with Crippen molar-refractivity contribution in [1.82, 2.24) is 14.8 Å². The van der Waals surface area contributed by atoms with E-state index in [1.807, 2.05) is 11.5 Å². The molecule has 0 bridgehead atoms. The molecular formula is C6H12N4S. The zero-order valence-corrected chi connectivity index (χ0v) is 7.56. The first-order valence-corrected chi connectivity index (χ1v) is 4.59. The molecular weight excluding hydrogens is 160 g/mol. The zero-order chi connectivity index (χ0) is 8.27. The minimum absolute atomic E-state index is 0.503. The van der Waals surface area contributed by atoms with Gasteiger partial charge in [0.25, 0.3) is 0 Å². The van der Waals surface area contributed by atoms with Gasteiger partial charge in [-0.2, -0.15) is 0 Å². The van der Waals surface area contributed by atoms with Crippen LogP contribution in [0.3, 0.4) is 0 Å². The van der Waals surface area contributed by atoms with Gasteiger partial charge in [0.05, 0.1) is 0 Å². The van der Waals surface area contributed by atoms with Crippen molar-refractivity contribution in [3.63, 3.8) is 0 Å². The van der Waals surface area contributed by atoms with E-state index in [0.717, 1.165) is 17.5 Å². The molecule has 0 unspecified atom stereocenters. The van der Waals surface area contributed by atoms with Crippen LogP contribution in [-0.4, -0.2) is 20.5 Å². The molecule has 0 radical (unpaired) electrons. The van der Waals surface area contributed by atoms with Gasteiger partial charge in [-0.25, -0.2) is 0 Å². The Labute approximate surface area is 70.2 Å². The quantitative estimate of drug-likeness (QED) is 0.691. The number of anilines is 1. The lowest BCUT2D eigenvalue weighted by atomic mass is 10.7. The number of aromatic nitrogens is 3. The molecule has 0 saturated carbocycles. The topological polar surface area (TPSA) is 56.7 Å². The number of thioether (sulfide) groups is 1. The number of hydrogen-bond donors (Lipinski definition) is 1. The van der Waals surface area contributed by atoms with Gasteiger partial charge in [-0.3, -0.25) is 4.57 Å². The molecule has 1 rings (SSSR count). The fourth-order valence-electron chi connectivity index (χ4n) is 0.833. The highest BCUT2D eigenvalue weighted by Crippen LogP contribution is 2.16. The normalized spacial score (nSPS) is 10.4. The van der Waals surface area contributed by atoms with Crippen LogP contribution in [0.1, 0.15) is 13.8 Å². The van der Waals surface area contributed by atoms with Crippen LogP contribution in [0.4, 0.5) is 5.95 Å². The first-order valence-electron chi connectivity index (χ1n) is 3.61. The fourth-order valence-corrected chi connectivity index (χ4v) is 1.57. The van der Waals surface area contributed by atoms with E-state index < -0.39 is 0 Å². The van der Waals surface area contributed by atoms with E-state index in [9.17, 15) is 0 Å². The molecule has 2 N–H and O–H groups in total. The molecule has 62 valence electrons. The van der Waals surface area contributed by atoms with Crippen LogP contribution in [0.2, 0.25) is 0 Å². The standard InChI is InChI=1S/C6H12N4S/c1-3-10-5(7)8-9-6(10)11-4-2/h3-4H2,1-2H3,(H2,7,8). The smallest absolute Gasteiger partial charge is 0.222 e. The molecule has 0 aliphatic heterocycles. The minimum atomic E-state index is 0.503. The number of nitrogens with two attached hydrogens (primary N) is 1. The molecule has 5 heteroatoms. The highest BCUT2D eigenvalue weighted by molar-refractivity contribution is 7.99. The Hall–Kier alpha value is -0.710. The van der Waals surface area contributed by atoms with Crippen LogP contribution in [-0.2, 0) is 6.54 Å². The largest absolute Gasteiger partial charge is 0.368 e. The van der Waals surface area contributed by atoms with E-state index in [1.54, 1.807) is 11.8 Å². The third kappa shape index (κ3) is 1.65. The Balaban J connectivity index is 2.86. The minimum Gasteiger partial charge on any atom is -0.368 e. The van der Waals surface area contributed by atoms with Crippen LogP contribution in [0, 0.1) is 0 Å². The Morgan fingerprint density at radius 2 is 2.18 bits per heavy atom. The molecule has 0 aliphatic carbocycles. The maximum Gasteiger partial charge on any atom is 0.222 e. The monoisotopic (exact) mass is 172 g/mol. The van der Waals surface area contributed by atoms with Crippen LogP contribution in [0.25, 0.3) is 0 Å². The first kappa shape index (κ1) is 8.39. The summed E-state index contributed by atoms with van der Waals surface area (Å²) in [6, 6.07) is 0. The van der Waals surface area contributed by atoms with Gasteiger partial charge in [0.2, 0.25) is 5.95 Å². The first-order chi connectivity index (χ1) is 5.29. The maximum absolute atomic E-state index is 5.56. The van der Waals surface area contributed by atoms with Crippen molar-refractivity contribution >= 4 is 17.7 Å². The maximum atomic E-state index is 5.56. The van der Waals surface area contributed by atoms with E-state index in [2.05, 4.69) is 17.1 Å². The van der Waals surface area contributed by atoms with Gasteiger partial charge >= 0.3 is 0 Å². The molecule has 0 fully saturated rings. The van der Waals surface area contributed by atoms with Crippen LogP contribution < -0.4 is 5.73 Å². The highest BCUT2D eigenvalue weighted by Gasteiger charge is 2.05.